The van der Waals surface area contributed by atoms with Crippen LogP contribution in [0.1, 0.15) is 6.92 Å². The second-order valence-electron chi connectivity index (χ2n) is 6.58. The highest BCUT2D eigenvalue weighted by Crippen LogP contribution is 2.27. The van der Waals surface area contributed by atoms with Crippen LogP contribution in [0.3, 0.4) is 0 Å². The molecule has 0 aliphatic carbocycles. The van der Waals surface area contributed by atoms with Gasteiger partial charge in [-0.3, -0.25) is 0 Å². The molecule has 0 spiro atoms. The summed E-state index contributed by atoms with van der Waals surface area (Å²) in [5.74, 6) is -3.19. The number of anilines is 4. The molecule has 0 aliphatic heterocycles. The topological polar surface area (TPSA) is 79.4 Å². The average Bonchev–Trinajstić information content (AvgIpc) is 2.72. The van der Waals surface area contributed by atoms with E-state index in [9.17, 15) is 18.0 Å². The monoisotopic (exact) mass is 431 g/mol. The van der Waals surface area contributed by atoms with Crippen molar-refractivity contribution in [3.63, 3.8) is 0 Å². The number of amides is 2. The smallest absolute Gasteiger partial charge is 0.332 e. The molecule has 162 valence electrons. The van der Waals surface area contributed by atoms with Gasteiger partial charge in [-0.1, -0.05) is 18.2 Å². The van der Waals surface area contributed by atoms with Crippen LogP contribution in [0.5, 0.6) is 0 Å². The Morgan fingerprint density at radius 2 is 1.81 bits per heavy atom. The van der Waals surface area contributed by atoms with Crippen LogP contribution >= 0.6 is 0 Å². The van der Waals surface area contributed by atoms with Gasteiger partial charge >= 0.3 is 6.03 Å². The minimum absolute atomic E-state index is 0.110. The van der Waals surface area contributed by atoms with E-state index < -0.39 is 29.2 Å². The van der Waals surface area contributed by atoms with Crippen molar-refractivity contribution >= 4 is 29.2 Å². The van der Waals surface area contributed by atoms with Gasteiger partial charge in [-0.2, -0.15) is 4.98 Å². The number of urea groups is 1. The third-order valence-corrected chi connectivity index (χ3v) is 4.12. The Morgan fingerprint density at radius 3 is 2.45 bits per heavy atom. The first kappa shape index (κ1) is 22.0. The van der Waals surface area contributed by atoms with E-state index in [0.29, 0.717) is 24.4 Å². The fraction of sp³-hybridized carbons (Fsp3) is 0.190. The number of hydrogen-bond donors (Lipinski definition) is 2. The van der Waals surface area contributed by atoms with Gasteiger partial charge in [0, 0.05) is 37.5 Å². The average molecular weight is 431 g/mol. The number of rotatable bonds is 7. The Kier molecular flexibility index (Phi) is 7.03. The first-order valence-electron chi connectivity index (χ1n) is 9.28. The van der Waals surface area contributed by atoms with Crippen molar-refractivity contribution in [2.24, 2.45) is 0 Å². The second kappa shape index (κ2) is 9.90. The van der Waals surface area contributed by atoms with E-state index in [4.69, 9.17) is 4.74 Å². The van der Waals surface area contributed by atoms with Gasteiger partial charge in [0.15, 0.2) is 11.6 Å². The van der Waals surface area contributed by atoms with Crippen molar-refractivity contribution in [1.29, 1.82) is 0 Å². The highest BCUT2D eigenvalue weighted by molar-refractivity contribution is 6.06. The molecule has 1 heterocycles. The quantitative estimate of drug-likeness (QED) is 0.566. The summed E-state index contributed by atoms with van der Waals surface area (Å²) in [5.41, 5.74) is -0.383. The molecular formula is C21H20F3N5O2. The summed E-state index contributed by atoms with van der Waals surface area (Å²) >= 11 is 0. The van der Waals surface area contributed by atoms with E-state index in [1.165, 1.54) is 12.3 Å². The van der Waals surface area contributed by atoms with E-state index in [1.807, 2.05) is 6.92 Å². The predicted molar refractivity (Wildman–Crippen MR) is 111 cm³/mol. The van der Waals surface area contributed by atoms with Crippen molar-refractivity contribution in [3.05, 3.63) is 72.2 Å². The largest absolute Gasteiger partial charge is 0.383 e. The molecule has 0 saturated heterocycles. The molecule has 0 fully saturated rings. The number of carbonyl (C=O) groups is 1. The summed E-state index contributed by atoms with van der Waals surface area (Å²) in [4.78, 5) is 22.6. The van der Waals surface area contributed by atoms with Gasteiger partial charge in [-0.05, 0) is 19.1 Å². The molecular weight excluding hydrogens is 411 g/mol. The predicted octanol–water partition coefficient (Wildman–Crippen LogP) is 4.71. The zero-order chi connectivity index (χ0) is 22.4. The van der Waals surface area contributed by atoms with Crippen molar-refractivity contribution < 1.29 is 22.7 Å². The van der Waals surface area contributed by atoms with Crippen molar-refractivity contribution in [2.45, 2.75) is 13.0 Å². The lowest BCUT2D eigenvalue weighted by molar-refractivity contribution is 0.190. The van der Waals surface area contributed by atoms with Gasteiger partial charge in [0.1, 0.15) is 17.3 Å². The first-order chi connectivity index (χ1) is 14.9. The lowest BCUT2D eigenvalue weighted by atomic mass is 10.2. The van der Waals surface area contributed by atoms with Gasteiger partial charge in [0.05, 0.1) is 12.3 Å². The van der Waals surface area contributed by atoms with Crippen molar-refractivity contribution in [2.75, 3.05) is 29.3 Å². The molecule has 1 atom stereocenters. The Bertz CT molecular complexity index is 1030. The third kappa shape index (κ3) is 5.48. The molecule has 0 unspecified atom stereocenters. The summed E-state index contributed by atoms with van der Waals surface area (Å²) in [6, 6.07) is 9.80. The summed E-state index contributed by atoms with van der Waals surface area (Å²) in [6.07, 6.45) is 1.44. The minimum atomic E-state index is -1.24. The van der Waals surface area contributed by atoms with Crippen LogP contribution in [-0.2, 0) is 4.74 Å². The van der Waals surface area contributed by atoms with E-state index >= 15 is 0 Å². The summed E-state index contributed by atoms with van der Waals surface area (Å²) in [5, 5.41) is 5.19. The highest BCUT2D eigenvalue weighted by Gasteiger charge is 2.23. The maximum atomic E-state index is 14.1. The van der Waals surface area contributed by atoms with Crippen LogP contribution in [0.15, 0.2) is 54.7 Å². The number of para-hydroxylation sites is 1. The molecule has 31 heavy (non-hydrogen) atoms. The molecule has 2 amide bonds. The highest BCUT2D eigenvalue weighted by atomic mass is 19.1. The van der Waals surface area contributed by atoms with Crippen LogP contribution in [-0.4, -0.2) is 35.8 Å². The molecule has 7 nitrogen and oxygen atoms in total. The fourth-order valence-corrected chi connectivity index (χ4v) is 2.81. The minimum Gasteiger partial charge on any atom is -0.383 e. The molecule has 1 aromatic heterocycles. The maximum absolute atomic E-state index is 14.1. The first-order valence-corrected chi connectivity index (χ1v) is 9.28. The SMILES string of the molecule is COC[C@H](C)Nc1nccc(N(C(=O)Nc2c(F)cc(F)cc2F)c2ccccc2)n1. The number of nitrogens with one attached hydrogen (secondary N) is 2. The third-order valence-electron chi connectivity index (χ3n) is 4.12. The van der Waals surface area contributed by atoms with Gasteiger partial charge < -0.3 is 15.4 Å². The molecule has 0 aliphatic rings. The Morgan fingerprint density at radius 1 is 1.13 bits per heavy atom. The summed E-state index contributed by atoms with van der Waals surface area (Å²) in [7, 11) is 1.56. The maximum Gasteiger partial charge on any atom is 0.332 e. The van der Waals surface area contributed by atoms with Crippen molar-refractivity contribution in [3.8, 4) is 0 Å². The Labute approximate surface area is 176 Å². The number of benzene rings is 2. The Balaban J connectivity index is 1.96. The lowest BCUT2D eigenvalue weighted by Gasteiger charge is -2.23. The van der Waals surface area contributed by atoms with Crippen LogP contribution in [0.2, 0.25) is 0 Å². The van der Waals surface area contributed by atoms with E-state index in [2.05, 4.69) is 20.6 Å². The van der Waals surface area contributed by atoms with Crippen molar-refractivity contribution in [1.82, 2.24) is 9.97 Å². The molecule has 0 radical (unpaired) electrons. The normalized spacial score (nSPS) is 11.6. The number of methoxy groups -OCH3 is 1. The number of ether oxygens (including phenoxy) is 1. The van der Waals surface area contributed by atoms with E-state index in [-0.39, 0.29) is 17.8 Å². The van der Waals surface area contributed by atoms with Gasteiger partial charge in [0.25, 0.3) is 0 Å². The summed E-state index contributed by atoms with van der Waals surface area (Å²) in [6.45, 7) is 2.26. The standard InChI is InChI=1S/C21H20F3N5O2/c1-13(12-31-2)26-20-25-9-8-18(27-20)29(15-6-4-3-5-7-15)21(30)28-19-16(23)10-14(22)11-17(19)24/h3-11,13H,12H2,1-2H3,(H,28,30)(H,25,26,27)/t13-/m0/s1. The fourth-order valence-electron chi connectivity index (χ4n) is 2.81. The molecule has 0 bridgehead atoms. The zero-order valence-electron chi connectivity index (χ0n) is 16.8. The van der Waals surface area contributed by atoms with Crippen LogP contribution in [0, 0.1) is 17.5 Å². The molecule has 10 heteroatoms. The number of hydrogen-bond acceptors (Lipinski definition) is 5. The lowest BCUT2D eigenvalue weighted by Crippen LogP contribution is -2.32. The van der Waals surface area contributed by atoms with Gasteiger partial charge in [-0.15, -0.1) is 0 Å². The number of halogens is 3. The van der Waals surface area contributed by atoms with Crippen LogP contribution < -0.4 is 15.5 Å². The number of nitrogens with zero attached hydrogens (tertiary/aromatic N) is 3. The molecule has 0 saturated carbocycles. The Hall–Kier alpha value is -3.66. The van der Waals surface area contributed by atoms with E-state index in [1.54, 1.807) is 37.4 Å². The summed E-state index contributed by atoms with van der Waals surface area (Å²) < 4.78 is 46.4. The van der Waals surface area contributed by atoms with Gasteiger partial charge in [-0.25, -0.2) is 27.8 Å². The van der Waals surface area contributed by atoms with Crippen LogP contribution in [0.4, 0.5) is 41.1 Å². The molecule has 2 aromatic carbocycles. The molecule has 2 N–H and O–H groups in total. The zero-order valence-corrected chi connectivity index (χ0v) is 16.8. The second-order valence-corrected chi connectivity index (χ2v) is 6.58. The number of aromatic nitrogens is 2. The van der Waals surface area contributed by atoms with E-state index in [0.717, 1.165) is 4.90 Å². The molecule has 3 aromatic rings. The molecule has 3 rings (SSSR count). The van der Waals surface area contributed by atoms with Gasteiger partial charge in [0.2, 0.25) is 5.95 Å². The van der Waals surface area contributed by atoms with Crippen LogP contribution in [0.25, 0.3) is 0 Å². The number of carbonyl (C=O) groups excluding carboxylic acids is 1.